The molecular weight excluding hydrogens is 124 g/mol. The summed E-state index contributed by atoms with van der Waals surface area (Å²) >= 11 is 0. The maximum absolute atomic E-state index is 5.44. The maximum atomic E-state index is 5.44. The Morgan fingerprint density at radius 3 is 3.10 bits per heavy atom. The molecule has 1 rings (SSSR count). The molecule has 2 N–H and O–H groups in total. The maximum Gasteiger partial charge on any atom is 0.165 e. The predicted molar refractivity (Wildman–Crippen MR) is 43.2 cm³/mol. The fourth-order valence-electron chi connectivity index (χ4n) is 1.26. The Bertz CT molecular complexity index is 168. The lowest BCUT2D eigenvalue weighted by Gasteiger charge is -1.95. The zero-order chi connectivity index (χ0) is 7.40. The molecule has 2 nitrogen and oxygen atoms in total. The molecule has 2 heteroatoms. The average Bonchev–Trinajstić information content (AvgIpc) is 2.36. The summed E-state index contributed by atoms with van der Waals surface area (Å²) in [4.78, 5) is 0. The molecule has 0 aromatic rings. The molecule has 0 radical (unpaired) electrons. The fraction of sp³-hybridized carbons (Fsp3) is 0.625. The Morgan fingerprint density at radius 1 is 1.70 bits per heavy atom. The quantitative estimate of drug-likeness (QED) is 0.574. The van der Waals surface area contributed by atoms with E-state index in [0.717, 1.165) is 25.9 Å². The molecule has 0 fully saturated rings. The first-order valence-corrected chi connectivity index (χ1v) is 3.86. The van der Waals surface area contributed by atoms with Gasteiger partial charge in [0.2, 0.25) is 0 Å². The summed E-state index contributed by atoms with van der Waals surface area (Å²) in [7, 11) is 0. The van der Waals surface area contributed by atoms with Gasteiger partial charge in [0.25, 0.3) is 0 Å². The minimum atomic E-state index is 0.744. The molecule has 0 saturated heterocycles. The summed E-state index contributed by atoms with van der Waals surface area (Å²) < 4.78 is 2.25. The van der Waals surface area contributed by atoms with Crippen molar-refractivity contribution < 1.29 is 4.58 Å². The van der Waals surface area contributed by atoms with Gasteiger partial charge in [-0.15, -0.1) is 0 Å². The minimum absolute atomic E-state index is 0.744. The molecule has 1 heterocycles. The Morgan fingerprint density at radius 2 is 2.50 bits per heavy atom. The minimum Gasteiger partial charge on any atom is -0.325 e. The van der Waals surface area contributed by atoms with E-state index in [1.54, 1.807) is 0 Å². The van der Waals surface area contributed by atoms with Crippen LogP contribution < -0.4 is 5.73 Å². The van der Waals surface area contributed by atoms with E-state index in [4.69, 9.17) is 5.73 Å². The molecule has 0 amide bonds. The highest BCUT2D eigenvalue weighted by atomic mass is 15.0. The van der Waals surface area contributed by atoms with Crippen molar-refractivity contribution >= 4 is 5.71 Å². The molecule has 1 aliphatic heterocycles. The molecular formula is C8H15N2+. The van der Waals surface area contributed by atoms with Crippen LogP contribution in [0.15, 0.2) is 12.3 Å². The van der Waals surface area contributed by atoms with Crippen molar-refractivity contribution in [1.29, 1.82) is 0 Å². The lowest BCUT2D eigenvalue weighted by Crippen LogP contribution is -2.19. The van der Waals surface area contributed by atoms with Crippen molar-refractivity contribution in [1.82, 2.24) is 0 Å². The van der Waals surface area contributed by atoms with E-state index in [0.29, 0.717) is 0 Å². The molecule has 0 atom stereocenters. The van der Waals surface area contributed by atoms with E-state index in [9.17, 15) is 0 Å². The highest BCUT2D eigenvalue weighted by Crippen LogP contribution is 2.02. The largest absolute Gasteiger partial charge is 0.325 e. The molecule has 0 spiro atoms. The summed E-state index contributed by atoms with van der Waals surface area (Å²) in [5.41, 5.74) is 6.93. The Balaban J connectivity index is 2.57. The van der Waals surface area contributed by atoms with Crippen LogP contribution in [-0.4, -0.2) is 23.4 Å². The molecule has 56 valence electrons. The zero-order valence-corrected chi connectivity index (χ0v) is 6.51. The van der Waals surface area contributed by atoms with Crippen LogP contribution >= 0.6 is 0 Å². The van der Waals surface area contributed by atoms with Crippen LogP contribution in [0.4, 0.5) is 0 Å². The van der Waals surface area contributed by atoms with Crippen LogP contribution in [0.3, 0.4) is 0 Å². The Kier molecular flexibility index (Phi) is 2.63. The van der Waals surface area contributed by atoms with E-state index in [1.165, 1.54) is 5.71 Å². The van der Waals surface area contributed by atoms with Gasteiger partial charge in [-0.25, -0.2) is 4.58 Å². The molecule has 1 aliphatic rings. The number of hydrogen-bond donors (Lipinski definition) is 1. The van der Waals surface area contributed by atoms with Crippen LogP contribution in [0.25, 0.3) is 0 Å². The topological polar surface area (TPSA) is 29.0 Å². The third kappa shape index (κ3) is 1.45. The van der Waals surface area contributed by atoms with Gasteiger partial charge < -0.3 is 5.73 Å². The van der Waals surface area contributed by atoms with Crippen molar-refractivity contribution in [2.24, 2.45) is 5.73 Å². The van der Waals surface area contributed by atoms with Crippen LogP contribution in [-0.2, 0) is 0 Å². The van der Waals surface area contributed by atoms with Gasteiger partial charge in [0.1, 0.15) is 0 Å². The van der Waals surface area contributed by atoms with Crippen molar-refractivity contribution in [3.63, 3.8) is 0 Å². The second-order valence-electron chi connectivity index (χ2n) is 2.49. The normalized spacial score (nSPS) is 17.0. The third-order valence-electron chi connectivity index (χ3n) is 1.82. The van der Waals surface area contributed by atoms with Gasteiger partial charge in [0, 0.05) is 6.42 Å². The smallest absolute Gasteiger partial charge is 0.165 e. The van der Waals surface area contributed by atoms with Crippen molar-refractivity contribution in [2.45, 2.75) is 19.8 Å². The van der Waals surface area contributed by atoms with E-state index in [2.05, 4.69) is 23.8 Å². The standard InChI is InChI=1S/C8H15N2/c1-2-8-4-3-6-10(8)7-5-9/h3,6H,2,4-5,7,9H2,1H3/q+1. The molecule has 0 bridgehead atoms. The average molecular weight is 139 g/mol. The van der Waals surface area contributed by atoms with Crippen LogP contribution in [0.1, 0.15) is 19.8 Å². The first-order chi connectivity index (χ1) is 4.88. The van der Waals surface area contributed by atoms with Gasteiger partial charge in [-0.1, -0.05) is 6.92 Å². The monoisotopic (exact) mass is 139 g/mol. The van der Waals surface area contributed by atoms with Crippen LogP contribution in [0.2, 0.25) is 0 Å². The number of nitrogens with zero attached hydrogens (tertiary/aromatic N) is 1. The molecule has 0 aromatic heterocycles. The summed E-state index contributed by atoms with van der Waals surface area (Å²) in [6, 6.07) is 0. The first kappa shape index (κ1) is 7.48. The van der Waals surface area contributed by atoms with Crippen molar-refractivity contribution in [3.8, 4) is 0 Å². The number of hydrogen-bond acceptors (Lipinski definition) is 1. The van der Waals surface area contributed by atoms with E-state index in [1.807, 2.05) is 0 Å². The highest BCUT2D eigenvalue weighted by Gasteiger charge is 2.13. The molecule has 10 heavy (non-hydrogen) atoms. The molecule has 0 unspecified atom stereocenters. The summed E-state index contributed by atoms with van der Waals surface area (Å²) in [6.45, 7) is 3.90. The van der Waals surface area contributed by atoms with E-state index in [-0.39, 0.29) is 0 Å². The predicted octanol–water partition coefficient (Wildman–Crippen LogP) is 0.726. The van der Waals surface area contributed by atoms with Gasteiger partial charge in [0.05, 0.1) is 13.0 Å². The number of nitrogens with two attached hydrogens (primary N) is 1. The van der Waals surface area contributed by atoms with Crippen LogP contribution in [0.5, 0.6) is 0 Å². The number of allylic oxidation sites excluding steroid dienone is 1. The summed E-state index contributed by atoms with van der Waals surface area (Å²) in [5, 5.41) is 0. The van der Waals surface area contributed by atoms with Gasteiger partial charge in [0.15, 0.2) is 18.5 Å². The second kappa shape index (κ2) is 3.52. The lowest BCUT2D eigenvalue weighted by molar-refractivity contribution is -0.452. The van der Waals surface area contributed by atoms with Gasteiger partial charge >= 0.3 is 0 Å². The fourth-order valence-corrected chi connectivity index (χ4v) is 1.26. The Labute approximate surface area is 62.0 Å². The first-order valence-electron chi connectivity index (χ1n) is 3.86. The molecule has 0 aromatic carbocycles. The van der Waals surface area contributed by atoms with E-state index < -0.39 is 0 Å². The van der Waals surface area contributed by atoms with E-state index >= 15 is 0 Å². The molecule has 0 aliphatic carbocycles. The van der Waals surface area contributed by atoms with Crippen LogP contribution in [0, 0.1) is 0 Å². The highest BCUT2D eigenvalue weighted by molar-refractivity contribution is 5.82. The van der Waals surface area contributed by atoms with Gasteiger partial charge in [-0.05, 0) is 6.08 Å². The SMILES string of the molecule is CCC1=[N+](CCN)C=CC1. The number of rotatable bonds is 3. The van der Waals surface area contributed by atoms with Crippen molar-refractivity contribution in [3.05, 3.63) is 12.3 Å². The van der Waals surface area contributed by atoms with Gasteiger partial charge in [-0.3, -0.25) is 0 Å². The zero-order valence-electron chi connectivity index (χ0n) is 6.51. The second-order valence-corrected chi connectivity index (χ2v) is 2.49. The summed E-state index contributed by atoms with van der Waals surface area (Å²) in [5.74, 6) is 0. The summed E-state index contributed by atoms with van der Waals surface area (Å²) in [6.07, 6.45) is 6.59. The molecule has 0 saturated carbocycles. The lowest BCUT2D eigenvalue weighted by atomic mass is 10.2. The third-order valence-corrected chi connectivity index (χ3v) is 1.82. The van der Waals surface area contributed by atoms with Gasteiger partial charge in [-0.2, -0.15) is 0 Å². The van der Waals surface area contributed by atoms with Crippen molar-refractivity contribution in [2.75, 3.05) is 13.1 Å². The Hall–Kier alpha value is -0.630.